The van der Waals surface area contributed by atoms with E-state index in [1.807, 2.05) is 0 Å². The molecule has 2 rings (SSSR count). The molecule has 136 valence electrons. The number of amides is 1. The Bertz CT molecular complexity index is 853. The maximum Gasteiger partial charge on any atom is 0.337 e. The van der Waals surface area contributed by atoms with Crippen molar-refractivity contribution in [2.24, 2.45) is 0 Å². The number of aliphatic carboxylic acids is 1. The van der Waals surface area contributed by atoms with Crippen molar-refractivity contribution in [2.75, 3.05) is 7.11 Å². The van der Waals surface area contributed by atoms with Crippen LogP contribution in [0.5, 0.6) is 0 Å². The molecule has 0 aliphatic rings. The van der Waals surface area contributed by atoms with Gasteiger partial charge in [-0.3, -0.25) is 4.79 Å². The second-order valence-electron chi connectivity index (χ2n) is 5.38. The van der Waals surface area contributed by atoms with E-state index in [2.05, 4.69) is 10.1 Å². The number of carboxylic acid groups (broad SMARTS) is 1. The van der Waals surface area contributed by atoms with Crippen LogP contribution >= 0.6 is 23.2 Å². The van der Waals surface area contributed by atoms with Gasteiger partial charge in [0.1, 0.15) is 6.04 Å². The first kappa shape index (κ1) is 19.8. The third kappa shape index (κ3) is 4.97. The third-order valence-electron chi connectivity index (χ3n) is 3.59. The molecule has 2 aromatic carbocycles. The minimum atomic E-state index is -1.21. The molecule has 1 amide bonds. The molecule has 0 spiro atoms. The van der Waals surface area contributed by atoms with Crippen molar-refractivity contribution in [1.29, 1.82) is 0 Å². The van der Waals surface area contributed by atoms with Crippen molar-refractivity contribution in [3.63, 3.8) is 0 Å². The number of carbonyl (C=O) groups is 3. The first-order valence-corrected chi connectivity index (χ1v) is 8.23. The van der Waals surface area contributed by atoms with Gasteiger partial charge in [-0.05, 0) is 35.9 Å². The number of rotatable bonds is 6. The van der Waals surface area contributed by atoms with Gasteiger partial charge in [0.2, 0.25) is 0 Å². The summed E-state index contributed by atoms with van der Waals surface area (Å²) in [6.45, 7) is 0. The second-order valence-corrected chi connectivity index (χ2v) is 6.22. The van der Waals surface area contributed by atoms with Gasteiger partial charge in [-0.1, -0.05) is 35.3 Å². The summed E-state index contributed by atoms with van der Waals surface area (Å²) in [5, 5.41) is 12.6. The van der Waals surface area contributed by atoms with E-state index in [-0.39, 0.29) is 17.5 Å². The van der Waals surface area contributed by atoms with Gasteiger partial charge in [0.25, 0.3) is 5.91 Å². The van der Waals surface area contributed by atoms with Crippen LogP contribution in [0.2, 0.25) is 10.0 Å². The summed E-state index contributed by atoms with van der Waals surface area (Å²) in [5.74, 6) is -2.44. The maximum atomic E-state index is 12.4. The molecule has 0 radical (unpaired) electrons. The lowest BCUT2D eigenvalue weighted by molar-refractivity contribution is -0.139. The summed E-state index contributed by atoms with van der Waals surface area (Å²) in [6, 6.07) is 9.28. The molecule has 6 nitrogen and oxygen atoms in total. The van der Waals surface area contributed by atoms with Crippen molar-refractivity contribution in [2.45, 2.75) is 12.5 Å². The molecule has 0 unspecified atom stereocenters. The van der Waals surface area contributed by atoms with E-state index in [0.29, 0.717) is 15.6 Å². The first-order chi connectivity index (χ1) is 12.3. The fourth-order valence-electron chi connectivity index (χ4n) is 2.25. The Hall–Kier alpha value is -2.57. The van der Waals surface area contributed by atoms with E-state index < -0.39 is 23.9 Å². The molecule has 2 N–H and O–H groups in total. The summed E-state index contributed by atoms with van der Waals surface area (Å²) in [6.07, 6.45) is -0.0201. The van der Waals surface area contributed by atoms with Crippen LogP contribution < -0.4 is 5.32 Å². The molecule has 0 fully saturated rings. The van der Waals surface area contributed by atoms with Crippen LogP contribution in [0.4, 0.5) is 0 Å². The Morgan fingerprint density at radius 2 is 1.81 bits per heavy atom. The minimum Gasteiger partial charge on any atom is -0.480 e. The van der Waals surface area contributed by atoms with Crippen LogP contribution in [0.1, 0.15) is 26.3 Å². The van der Waals surface area contributed by atoms with Gasteiger partial charge in [0, 0.05) is 22.0 Å². The second kappa shape index (κ2) is 8.69. The van der Waals surface area contributed by atoms with Crippen LogP contribution in [0.3, 0.4) is 0 Å². The molecule has 0 aromatic heterocycles. The highest BCUT2D eigenvalue weighted by Crippen LogP contribution is 2.22. The lowest BCUT2D eigenvalue weighted by Crippen LogP contribution is -2.42. The molecule has 2 aromatic rings. The summed E-state index contributed by atoms with van der Waals surface area (Å²) >= 11 is 11.9. The monoisotopic (exact) mass is 395 g/mol. The molecule has 0 aliphatic carbocycles. The smallest absolute Gasteiger partial charge is 0.337 e. The van der Waals surface area contributed by atoms with Crippen molar-refractivity contribution in [3.8, 4) is 0 Å². The van der Waals surface area contributed by atoms with E-state index in [4.69, 9.17) is 23.2 Å². The highest BCUT2D eigenvalue weighted by atomic mass is 35.5. The van der Waals surface area contributed by atoms with Crippen LogP contribution in [0, 0.1) is 0 Å². The number of ether oxygens (including phenoxy) is 1. The van der Waals surface area contributed by atoms with Crippen molar-refractivity contribution >= 4 is 41.0 Å². The molecule has 8 heteroatoms. The van der Waals surface area contributed by atoms with Crippen LogP contribution in [-0.2, 0) is 16.0 Å². The Morgan fingerprint density at radius 1 is 1.12 bits per heavy atom. The van der Waals surface area contributed by atoms with Gasteiger partial charge >= 0.3 is 11.9 Å². The van der Waals surface area contributed by atoms with Gasteiger partial charge in [-0.2, -0.15) is 0 Å². The van der Waals surface area contributed by atoms with Gasteiger partial charge in [-0.15, -0.1) is 0 Å². The Labute approximate surface area is 159 Å². The predicted molar refractivity (Wildman–Crippen MR) is 96.8 cm³/mol. The Kier molecular flexibility index (Phi) is 6.60. The van der Waals surface area contributed by atoms with Crippen LogP contribution in [-0.4, -0.2) is 36.1 Å². The lowest BCUT2D eigenvalue weighted by Gasteiger charge is -2.16. The van der Waals surface area contributed by atoms with Gasteiger partial charge < -0.3 is 15.2 Å². The van der Waals surface area contributed by atoms with Crippen molar-refractivity contribution in [3.05, 3.63) is 69.2 Å². The maximum absolute atomic E-state index is 12.4. The Balaban J connectivity index is 2.18. The summed E-state index contributed by atoms with van der Waals surface area (Å²) in [7, 11) is 1.23. The predicted octanol–water partition coefficient (Wildman–Crippen LogP) is 3.21. The van der Waals surface area contributed by atoms with Crippen LogP contribution in [0.25, 0.3) is 0 Å². The Morgan fingerprint density at radius 3 is 2.42 bits per heavy atom. The summed E-state index contributed by atoms with van der Waals surface area (Å²) in [5.41, 5.74) is 0.862. The van der Waals surface area contributed by atoms with Gasteiger partial charge in [0.15, 0.2) is 0 Å². The lowest BCUT2D eigenvalue weighted by atomic mass is 10.0. The van der Waals surface area contributed by atoms with E-state index in [0.717, 1.165) is 0 Å². The number of benzene rings is 2. The highest BCUT2D eigenvalue weighted by molar-refractivity contribution is 6.35. The molecule has 1 atom stereocenters. The number of carbonyl (C=O) groups excluding carboxylic acids is 2. The van der Waals surface area contributed by atoms with E-state index >= 15 is 0 Å². The van der Waals surface area contributed by atoms with Crippen molar-refractivity contribution < 1.29 is 24.2 Å². The average molecular weight is 396 g/mol. The first-order valence-electron chi connectivity index (χ1n) is 7.47. The quantitative estimate of drug-likeness (QED) is 0.732. The molecule has 26 heavy (non-hydrogen) atoms. The number of nitrogens with one attached hydrogen (secondary N) is 1. The van der Waals surface area contributed by atoms with Gasteiger partial charge in [-0.25, -0.2) is 9.59 Å². The molecular weight excluding hydrogens is 381 g/mol. The van der Waals surface area contributed by atoms with Crippen molar-refractivity contribution in [1.82, 2.24) is 5.32 Å². The van der Waals surface area contributed by atoms with Crippen LogP contribution in [0.15, 0.2) is 42.5 Å². The third-order valence-corrected chi connectivity index (χ3v) is 4.18. The largest absolute Gasteiger partial charge is 0.480 e. The molecule has 0 bridgehead atoms. The summed E-state index contributed by atoms with van der Waals surface area (Å²) < 4.78 is 4.60. The highest BCUT2D eigenvalue weighted by Gasteiger charge is 2.22. The van der Waals surface area contributed by atoms with E-state index in [1.54, 1.807) is 12.1 Å². The number of methoxy groups -OCH3 is 1. The normalized spacial score (nSPS) is 11.5. The topological polar surface area (TPSA) is 92.7 Å². The molecule has 0 saturated heterocycles. The number of hydrogen-bond donors (Lipinski definition) is 2. The fraction of sp³-hybridized carbons (Fsp3) is 0.167. The standard InChI is InChI=1S/C18H15Cl2NO5/c1-26-18(25)12-4-2-3-11(7-12)16(22)21-15(17(23)24)8-10-5-6-13(19)9-14(10)20/h2-7,9,15H,8H2,1H3,(H,21,22)(H,23,24)/t15-/m1/s1. The molecule has 0 saturated carbocycles. The number of esters is 1. The van der Waals surface area contributed by atoms with E-state index in [9.17, 15) is 19.5 Å². The summed E-state index contributed by atoms with van der Waals surface area (Å²) in [4.78, 5) is 35.4. The number of hydrogen-bond acceptors (Lipinski definition) is 4. The zero-order valence-electron chi connectivity index (χ0n) is 13.7. The molecule has 0 aliphatic heterocycles. The fourth-order valence-corrected chi connectivity index (χ4v) is 2.74. The minimum absolute atomic E-state index is 0.0201. The molecule has 0 heterocycles. The average Bonchev–Trinajstić information content (AvgIpc) is 2.62. The van der Waals surface area contributed by atoms with Gasteiger partial charge in [0.05, 0.1) is 12.7 Å². The SMILES string of the molecule is COC(=O)c1cccc(C(=O)N[C@H](Cc2ccc(Cl)cc2Cl)C(=O)O)c1. The zero-order chi connectivity index (χ0) is 19.3. The zero-order valence-corrected chi connectivity index (χ0v) is 15.2. The van der Waals surface area contributed by atoms with E-state index in [1.165, 1.54) is 37.4 Å². The number of carboxylic acids is 1. The number of halogens is 2. The molecular formula is C18H15Cl2NO5.